The fraction of sp³-hybridized carbons (Fsp3) is 0.0732. The van der Waals surface area contributed by atoms with E-state index in [0.717, 1.165) is 50.0 Å². The normalized spacial score (nSPS) is 11.9. The monoisotopic (exact) mass is 581 g/mol. The number of phenolic OH excluding ortho intramolecular Hbond substituents is 1. The number of rotatable bonds is 5. The van der Waals surface area contributed by atoms with Gasteiger partial charge in [0.25, 0.3) is 0 Å². The predicted molar refractivity (Wildman–Crippen MR) is 185 cm³/mol. The maximum absolute atomic E-state index is 10.8. The molecule has 0 aliphatic rings. The molecule has 0 atom stereocenters. The van der Waals surface area contributed by atoms with Crippen LogP contribution in [0.4, 0.5) is 0 Å². The number of aromatic nitrogens is 3. The molecule has 0 aliphatic carbocycles. The number of pyridine rings is 2. The van der Waals surface area contributed by atoms with Gasteiger partial charge in [-0.15, -0.1) is 0 Å². The molecule has 5 aromatic carbocycles. The lowest BCUT2D eigenvalue weighted by atomic mass is 9.79. The second-order valence-electron chi connectivity index (χ2n) is 12.1. The molecule has 0 amide bonds. The van der Waals surface area contributed by atoms with Gasteiger partial charge >= 0.3 is 0 Å². The third kappa shape index (κ3) is 4.54. The predicted octanol–water partition coefficient (Wildman–Crippen LogP) is 10.1. The summed E-state index contributed by atoms with van der Waals surface area (Å²) in [6, 6.07) is 47.9. The van der Waals surface area contributed by atoms with Crippen LogP contribution in [0.3, 0.4) is 0 Å². The maximum atomic E-state index is 10.8. The summed E-state index contributed by atoms with van der Waals surface area (Å²) in [5.74, 6) is 0.217. The Labute approximate surface area is 261 Å². The summed E-state index contributed by atoms with van der Waals surface area (Å²) < 4.78 is 2.06. The molecule has 0 spiro atoms. The minimum atomic E-state index is -0.350. The number of benzene rings is 5. The van der Waals surface area contributed by atoms with Crippen molar-refractivity contribution in [2.24, 2.45) is 0 Å². The first kappa shape index (κ1) is 26.9. The van der Waals surface area contributed by atoms with Gasteiger partial charge in [-0.2, -0.15) is 0 Å². The van der Waals surface area contributed by atoms with E-state index in [0.29, 0.717) is 5.69 Å². The van der Waals surface area contributed by atoms with Gasteiger partial charge in [0, 0.05) is 27.9 Å². The van der Waals surface area contributed by atoms with Crippen LogP contribution in [-0.4, -0.2) is 19.6 Å². The molecular weight excluding hydrogens is 550 g/mol. The molecule has 0 fully saturated rings. The first-order valence-corrected chi connectivity index (χ1v) is 15.2. The van der Waals surface area contributed by atoms with Gasteiger partial charge in [-0.05, 0) is 82.1 Å². The topological polar surface area (TPSA) is 50.9 Å². The molecule has 0 radical (unpaired) electrons. The van der Waals surface area contributed by atoms with E-state index in [1.807, 2.05) is 36.5 Å². The molecule has 0 aliphatic heterocycles. The Kier molecular flexibility index (Phi) is 6.24. The number of para-hydroxylation sites is 3. The van der Waals surface area contributed by atoms with Crippen LogP contribution in [-0.2, 0) is 5.41 Å². The van der Waals surface area contributed by atoms with Gasteiger partial charge < -0.3 is 5.11 Å². The Morgan fingerprint density at radius 2 is 1.38 bits per heavy atom. The van der Waals surface area contributed by atoms with Crippen LogP contribution in [0.2, 0.25) is 0 Å². The molecule has 3 heterocycles. The first-order valence-electron chi connectivity index (χ1n) is 15.2. The molecule has 0 saturated heterocycles. The van der Waals surface area contributed by atoms with Gasteiger partial charge in [0.05, 0.1) is 22.6 Å². The first-order chi connectivity index (χ1) is 22.0. The lowest BCUT2D eigenvalue weighted by Crippen LogP contribution is -2.20. The van der Waals surface area contributed by atoms with Crippen molar-refractivity contribution in [3.05, 3.63) is 157 Å². The highest BCUT2D eigenvalue weighted by Gasteiger charge is 2.26. The van der Waals surface area contributed by atoms with Gasteiger partial charge in [-0.3, -0.25) is 9.55 Å². The van der Waals surface area contributed by atoms with Crippen LogP contribution < -0.4 is 0 Å². The van der Waals surface area contributed by atoms with Crippen molar-refractivity contribution < 1.29 is 5.11 Å². The van der Waals surface area contributed by atoms with Crippen molar-refractivity contribution in [2.45, 2.75) is 19.3 Å². The Morgan fingerprint density at radius 1 is 0.600 bits per heavy atom. The largest absolute Gasteiger partial charge is 0.506 e. The summed E-state index contributed by atoms with van der Waals surface area (Å²) in [5.41, 5.74) is 8.58. The van der Waals surface area contributed by atoms with Gasteiger partial charge in [-0.25, -0.2) is 4.98 Å². The molecule has 45 heavy (non-hydrogen) atoms. The Balaban J connectivity index is 1.21. The number of hydrogen-bond acceptors (Lipinski definition) is 3. The molecule has 4 nitrogen and oxygen atoms in total. The third-order valence-corrected chi connectivity index (χ3v) is 9.01. The highest BCUT2D eigenvalue weighted by Crippen LogP contribution is 2.37. The van der Waals surface area contributed by atoms with Gasteiger partial charge in [0.2, 0.25) is 0 Å². The summed E-state index contributed by atoms with van der Waals surface area (Å²) in [4.78, 5) is 10.1. The number of hydrogen-bond donors (Lipinski definition) is 1. The van der Waals surface area contributed by atoms with E-state index in [1.165, 1.54) is 16.3 Å². The van der Waals surface area contributed by atoms with E-state index in [2.05, 4.69) is 122 Å². The minimum absolute atomic E-state index is 0.217. The van der Waals surface area contributed by atoms with Crippen LogP contribution in [0.25, 0.3) is 60.8 Å². The molecule has 0 bridgehead atoms. The van der Waals surface area contributed by atoms with E-state index in [-0.39, 0.29) is 11.2 Å². The van der Waals surface area contributed by atoms with Crippen LogP contribution in [0, 0.1) is 0 Å². The van der Waals surface area contributed by atoms with Crippen LogP contribution in [0.1, 0.15) is 25.1 Å². The smallest absolute Gasteiger partial charge is 0.146 e. The van der Waals surface area contributed by atoms with Crippen LogP contribution in [0.15, 0.2) is 146 Å². The Bertz CT molecular complexity index is 2380. The van der Waals surface area contributed by atoms with Crippen molar-refractivity contribution in [2.75, 3.05) is 0 Å². The average molecular weight is 582 g/mol. The van der Waals surface area contributed by atoms with E-state index < -0.39 is 0 Å². The molecule has 0 saturated carbocycles. The summed E-state index contributed by atoms with van der Waals surface area (Å²) in [5, 5.41) is 15.4. The van der Waals surface area contributed by atoms with Gasteiger partial charge in [-0.1, -0.05) is 98.8 Å². The minimum Gasteiger partial charge on any atom is -0.506 e. The molecule has 1 N–H and O–H groups in total. The zero-order valence-electron chi connectivity index (χ0n) is 25.1. The fourth-order valence-electron chi connectivity index (χ4n) is 6.43. The number of fused-ring (bicyclic) bond motifs is 4. The molecule has 3 aromatic heterocycles. The number of aromatic hydroxyl groups is 1. The summed E-state index contributed by atoms with van der Waals surface area (Å²) >= 11 is 0. The highest BCUT2D eigenvalue weighted by atomic mass is 16.3. The van der Waals surface area contributed by atoms with E-state index in [9.17, 15) is 5.11 Å². The van der Waals surface area contributed by atoms with Crippen molar-refractivity contribution in [1.82, 2.24) is 14.5 Å². The van der Waals surface area contributed by atoms with Crippen molar-refractivity contribution in [3.63, 3.8) is 0 Å². The van der Waals surface area contributed by atoms with Gasteiger partial charge in [0.15, 0.2) is 0 Å². The van der Waals surface area contributed by atoms with Crippen molar-refractivity contribution >= 4 is 32.7 Å². The van der Waals surface area contributed by atoms with E-state index in [4.69, 9.17) is 9.97 Å². The maximum Gasteiger partial charge on any atom is 0.146 e. The quantitative estimate of drug-likeness (QED) is 0.220. The molecule has 0 unspecified atom stereocenters. The Hall–Kier alpha value is -5.74. The standard InChI is InChI=1S/C41H31N3O/c1-41(2,39-26-30(22-23-42-39)29-19-18-27-10-3-4-11-28(27)24-29)32-13-9-12-31(25-32)35-21-20-34-33-14-5-6-15-36(33)44(40(34)43-35)37-16-7-8-17-38(37)45/h3-26,45H,1-2H3. The molecule has 8 aromatic rings. The zero-order valence-corrected chi connectivity index (χ0v) is 25.1. The summed E-state index contributed by atoms with van der Waals surface area (Å²) in [7, 11) is 0. The summed E-state index contributed by atoms with van der Waals surface area (Å²) in [6.45, 7) is 4.45. The number of nitrogens with zero attached hydrogens (tertiary/aromatic N) is 3. The second-order valence-corrected chi connectivity index (χ2v) is 12.1. The van der Waals surface area contributed by atoms with E-state index in [1.54, 1.807) is 6.07 Å². The summed E-state index contributed by atoms with van der Waals surface area (Å²) in [6.07, 6.45) is 1.92. The average Bonchev–Trinajstić information content (AvgIpc) is 3.42. The zero-order chi connectivity index (χ0) is 30.5. The Morgan fingerprint density at radius 3 is 2.27 bits per heavy atom. The highest BCUT2D eigenvalue weighted by molar-refractivity contribution is 6.08. The molecule has 216 valence electrons. The molecule has 4 heteroatoms. The SMILES string of the molecule is CC(C)(c1cccc(-c2ccc3c4ccccc4n(-c4ccccc4O)c3n2)c1)c1cc(-c2ccc3ccccc3c2)ccn1. The van der Waals surface area contributed by atoms with Crippen LogP contribution >= 0.6 is 0 Å². The number of phenols is 1. The lowest BCUT2D eigenvalue weighted by molar-refractivity contribution is 0.473. The van der Waals surface area contributed by atoms with Crippen LogP contribution in [0.5, 0.6) is 5.75 Å². The van der Waals surface area contributed by atoms with Gasteiger partial charge in [0.1, 0.15) is 11.4 Å². The lowest BCUT2D eigenvalue weighted by Gasteiger charge is -2.26. The molecular formula is C41H31N3O. The fourth-order valence-corrected chi connectivity index (χ4v) is 6.43. The molecule has 8 rings (SSSR count). The second kappa shape index (κ2) is 10.5. The van der Waals surface area contributed by atoms with Crippen molar-refractivity contribution in [3.8, 4) is 33.8 Å². The third-order valence-electron chi connectivity index (χ3n) is 9.01. The van der Waals surface area contributed by atoms with E-state index >= 15 is 0 Å². The van der Waals surface area contributed by atoms with Crippen molar-refractivity contribution in [1.29, 1.82) is 0 Å².